The van der Waals surface area contributed by atoms with E-state index in [0.29, 0.717) is 4.31 Å². The molecule has 8 heteroatoms. The molecule has 1 heterocycles. The largest absolute Gasteiger partial charge is 0.374 e. The van der Waals surface area contributed by atoms with Crippen LogP contribution in [0.1, 0.15) is 12.8 Å². The summed E-state index contributed by atoms with van der Waals surface area (Å²) in [6.07, 6.45) is 1.45. The van der Waals surface area contributed by atoms with Gasteiger partial charge in [-0.1, -0.05) is 3.89 Å². The van der Waals surface area contributed by atoms with E-state index in [0.717, 1.165) is 6.26 Å². The van der Waals surface area contributed by atoms with Crippen molar-refractivity contribution in [3.63, 3.8) is 0 Å². The van der Waals surface area contributed by atoms with E-state index in [4.69, 9.17) is 0 Å². The van der Waals surface area contributed by atoms with Gasteiger partial charge in [0.2, 0.25) is 0 Å². The summed E-state index contributed by atoms with van der Waals surface area (Å²) in [5.41, 5.74) is 0. The minimum Gasteiger partial charge on any atom is -0.229 e. The van der Waals surface area contributed by atoms with Crippen molar-refractivity contribution in [1.82, 2.24) is 4.31 Å². The van der Waals surface area contributed by atoms with Crippen LogP contribution in [0.25, 0.3) is 0 Å². The summed E-state index contributed by atoms with van der Waals surface area (Å²) < 4.78 is 56.2. The topological polar surface area (TPSA) is 71.5 Å². The summed E-state index contributed by atoms with van der Waals surface area (Å²) in [7, 11) is -7.80. The second-order valence-electron chi connectivity index (χ2n) is 3.37. The van der Waals surface area contributed by atoms with Crippen molar-refractivity contribution in [3.8, 4) is 0 Å². The highest BCUT2D eigenvalue weighted by molar-refractivity contribution is 7.91. The Morgan fingerprint density at radius 1 is 1.14 bits per heavy atom. The minimum absolute atomic E-state index is 0.0590. The van der Waals surface area contributed by atoms with Crippen LogP contribution in [0.4, 0.5) is 3.89 Å². The minimum atomic E-state index is -4.66. The van der Waals surface area contributed by atoms with E-state index in [2.05, 4.69) is 0 Å². The second kappa shape index (κ2) is 3.74. The third-order valence-corrected chi connectivity index (χ3v) is 4.98. The van der Waals surface area contributed by atoms with Crippen LogP contribution in [0.5, 0.6) is 0 Å². The predicted molar refractivity (Wildman–Crippen MR) is 49.5 cm³/mol. The van der Waals surface area contributed by atoms with Crippen molar-refractivity contribution in [2.45, 2.75) is 18.1 Å². The molecule has 1 saturated heterocycles. The smallest absolute Gasteiger partial charge is 0.229 e. The van der Waals surface area contributed by atoms with Gasteiger partial charge in [-0.15, -0.1) is 0 Å². The van der Waals surface area contributed by atoms with E-state index < -0.39 is 25.5 Å². The fraction of sp³-hybridized carbons (Fsp3) is 1.00. The second-order valence-corrected chi connectivity index (χ2v) is 7.04. The number of piperidine rings is 1. The Hall–Kier alpha value is -0.210. The monoisotopic (exact) mass is 245 g/mol. The molecule has 84 valence electrons. The van der Waals surface area contributed by atoms with Gasteiger partial charge in [-0.05, 0) is 12.8 Å². The summed E-state index contributed by atoms with van der Waals surface area (Å²) in [6.45, 7) is -0.118. The highest BCUT2D eigenvalue weighted by Gasteiger charge is 2.31. The molecule has 1 fully saturated rings. The Labute approximate surface area is 83.2 Å². The van der Waals surface area contributed by atoms with E-state index in [1.807, 2.05) is 0 Å². The van der Waals surface area contributed by atoms with E-state index in [9.17, 15) is 20.7 Å². The lowest BCUT2D eigenvalue weighted by atomic mass is 10.2. The highest BCUT2D eigenvalue weighted by atomic mass is 32.3. The molecule has 1 rings (SSSR count). The maximum atomic E-state index is 12.4. The zero-order chi connectivity index (χ0) is 11.0. The molecule has 5 nitrogen and oxygen atoms in total. The molecule has 0 bridgehead atoms. The first kappa shape index (κ1) is 11.9. The Bertz CT molecular complexity index is 354. The third kappa shape index (κ3) is 2.89. The van der Waals surface area contributed by atoms with E-state index in [1.54, 1.807) is 0 Å². The normalized spacial score (nSPS) is 22.4. The SMILES string of the molecule is CS(=O)(=O)C1CCN(S(=O)(=O)F)CC1. The van der Waals surface area contributed by atoms with E-state index in [1.165, 1.54) is 0 Å². The molecule has 0 aliphatic carbocycles. The average Bonchev–Trinajstić information content (AvgIpc) is 2.01. The predicted octanol–water partition coefficient (Wildman–Crippen LogP) is -0.290. The van der Waals surface area contributed by atoms with Gasteiger partial charge in [-0.2, -0.15) is 12.7 Å². The molecule has 0 spiro atoms. The molecule has 0 radical (unpaired) electrons. The molecule has 1 aliphatic heterocycles. The zero-order valence-corrected chi connectivity index (χ0v) is 9.31. The lowest BCUT2D eigenvalue weighted by molar-refractivity contribution is 0.329. The number of halogens is 1. The first-order valence-electron chi connectivity index (χ1n) is 4.10. The maximum absolute atomic E-state index is 12.4. The molecule has 0 atom stereocenters. The number of nitrogens with zero attached hydrogens (tertiary/aromatic N) is 1. The van der Waals surface area contributed by atoms with Gasteiger partial charge in [0.25, 0.3) is 0 Å². The molecule has 0 unspecified atom stereocenters. The average molecular weight is 245 g/mol. The lowest BCUT2D eigenvalue weighted by Crippen LogP contribution is -2.40. The Morgan fingerprint density at radius 3 is 1.86 bits per heavy atom. The van der Waals surface area contributed by atoms with E-state index in [-0.39, 0.29) is 25.9 Å². The summed E-state index contributed by atoms with van der Waals surface area (Å²) in [5, 5.41) is -0.541. The van der Waals surface area contributed by atoms with Crippen molar-refractivity contribution in [1.29, 1.82) is 0 Å². The van der Waals surface area contributed by atoms with Gasteiger partial charge in [0.05, 0.1) is 5.25 Å². The van der Waals surface area contributed by atoms with Crippen LogP contribution >= 0.6 is 0 Å². The van der Waals surface area contributed by atoms with Crippen molar-refractivity contribution in [3.05, 3.63) is 0 Å². The quantitative estimate of drug-likeness (QED) is 0.627. The van der Waals surface area contributed by atoms with Crippen molar-refractivity contribution >= 4 is 20.2 Å². The molecular weight excluding hydrogens is 233 g/mol. The first-order chi connectivity index (χ1) is 6.21. The number of sulfone groups is 1. The maximum Gasteiger partial charge on any atom is 0.374 e. The summed E-state index contributed by atoms with van der Waals surface area (Å²) in [4.78, 5) is 0. The van der Waals surface area contributed by atoms with Crippen molar-refractivity contribution in [2.75, 3.05) is 19.3 Å². The Morgan fingerprint density at radius 2 is 1.57 bits per heavy atom. The van der Waals surface area contributed by atoms with Crippen LogP contribution in [0.3, 0.4) is 0 Å². The van der Waals surface area contributed by atoms with Gasteiger partial charge < -0.3 is 0 Å². The summed E-state index contributed by atoms with van der Waals surface area (Å²) in [5.74, 6) is 0. The zero-order valence-electron chi connectivity index (χ0n) is 7.68. The van der Waals surface area contributed by atoms with Crippen LogP contribution in [0.2, 0.25) is 0 Å². The fourth-order valence-corrected chi connectivity index (χ4v) is 3.19. The molecule has 14 heavy (non-hydrogen) atoms. The number of rotatable bonds is 2. The summed E-state index contributed by atoms with van der Waals surface area (Å²) in [6, 6.07) is 0. The number of hydrogen-bond donors (Lipinski definition) is 0. The van der Waals surface area contributed by atoms with Gasteiger partial charge in [-0.25, -0.2) is 8.42 Å². The molecule has 0 aromatic heterocycles. The highest BCUT2D eigenvalue weighted by Crippen LogP contribution is 2.19. The Balaban J connectivity index is 2.65. The molecule has 0 aromatic carbocycles. The fourth-order valence-electron chi connectivity index (χ4n) is 1.48. The van der Waals surface area contributed by atoms with Crippen LogP contribution in [0.15, 0.2) is 0 Å². The van der Waals surface area contributed by atoms with Crippen LogP contribution < -0.4 is 0 Å². The molecule has 0 amide bonds. The van der Waals surface area contributed by atoms with Crippen molar-refractivity contribution < 1.29 is 20.7 Å². The van der Waals surface area contributed by atoms with Gasteiger partial charge >= 0.3 is 10.4 Å². The van der Waals surface area contributed by atoms with Gasteiger partial charge in [0.1, 0.15) is 9.84 Å². The lowest BCUT2D eigenvalue weighted by Gasteiger charge is -2.27. The van der Waals surface area contributed by atoms with Gasteiger partial charge in [0.15, 0.2) is 0 Å². The molecule has 0 N–H and O–H groups in total. The van der Waals surface area contributed by atoms with Gasteiger partial charge in [-0.3, -0.25) is 0 Å². The molecule has 0 aromatic rings. The molecule has 0 saturated carbocycles. The first-order valence-corrected chi connectivity index (χ1v) is 7.39. The van der Waals surface area contributed by atoms with Crippen molar-refractivity contribution in [2.24, 2.45) is 0 Å². The van der Waals surface area contributed by atoms with Crippen LogP contribution in [-0.4, -0.2) is 45.7 Å². The Kier molecular flexibility index (Phi) is 3.17. The third-order valence-electron chi connectivity index (χ3n) is 2.31. The summed E-state index contributed by atoms with van der Waals surface area (Å²) >= 11 is 0. The van der Waals surface area contributed by atoms with Crippen LogP contribution in [-0.2, 0) is 20.2 Å². The molecule has 1 aliphatic rings. The van der Waals surface area contributed by atoms with E-state index >= 15 is 0 Å². The van der Waals surface area contributed by atoms with Crippen LogP contribution in [0, 0.1) is 0 Å². The standard InChI is InChI=1S/C6H12FNO4S2/c1-13(9,10)6-2-4-8(5-3-6)14(7,11)12/h6H,2-5H2,1H3. The van der Waals surface area contributed by atoms with Gasteiger partial charge in [0, 0.05) is 19.3 Å². The number of hydrogen-bond acceptors (Lipinski definition) is 4. The molecular formula is C6H12FNO4S2.